The molecule has 0 aliphatic heterocycles. The van der Waals surface area contributed by atoms with Gasteiger partial charge in [0.1, 0.15) is 5.75 Å². The Balaban J connectivity index is 2.37. The van der Waals surface area contributed by atoms with Crippen LogP contribution in [0.15, 0.2) is 12.1 Å². The molecule has 1 aliphatic rings. The fourth-order valence-electron chi connectivity index (χ4n) is 2.81. The fourth-order valence-corrected chi connectivity index (χ4v) is 2.81. The predicted molar refractivity (Wildman–Crippen MR) is 67.0 cm³/mol. The molecule has 2 N–H and O–H groups in total. The van der Waals surface area contributed by atoms with Crippen molar-refractivity contribution in [2.45, 2.75) is 45.1 Å². The van der Waals surface area contributed by atoms with Crippen molar-refractivity contribution >= 4 is 0 Å². The molecule has 0 bridgehead atoms. The molecule has 1 aromatic rings. The Labute approximate surface area is 97.8 Å². The number of nitrogens with two attached hydrogens (primary N) is 1. The number of benzene rings is 1. The summed E-state index contributed by atoms with van der Waals surface area (Å²) in [6, 6.07) is 4.73. The fraction of sp³-hybridized carbons (Fsp3) is 0.571. The molecule has 0 saturated heterocycles. The van der Waals surface area contributed by atoms with E-state index in [2.05, 4.69) is 26.0 Å². The van der Waals surface area contributed by atoms with Gasteiger partial charge in [-0.05, 0) is 55.4 Å². The molecule has 1 saturated carbocycles. The van der Waals surface area contributed by atoms with Gasteiger partial charge in [0.25, 0.3) is 0 Å². The zero-order valence-corrected chi connectivity index (χ0v) is 10.4. The molecule has 0 amide bonds. The van der Waals surface area contributed by atoms with Gasteiger partial charge < -0.3 is 10.5 Å². The molecular formula is C14H21NO. The monoisotopic (exact) mass is 219 g/mol. The second kappa shape index (κ2) is 4.46. The number of ether oxygens (including phenoxy) is 1. The average molecular weight is 219 g/mol. The zero-order valence-electron chi connectivity index (χ0n) is 10.4. The normalized spacial score (nSPS) is 24.8. The van der Waals surface area contributed by atoms with Gasteiger partial charge in [0, 0.05) is 6.04 Å². The summed E-state index contributed by atoms with van der Waals surface area (Å²) in [5.41, 5.74) is 10.1. The molecule has 1 aliphatic carbocycles. The van der Waals surface area contributed by atoms with Crippen LogP contribution in [0.5, 0.6) is 5.75 Å². The highest BCUT2D eigenvalue weighted by atomic mass is 16.5. The Bertz CT molecular complexity index is 387. The highest BCUT2D eigenvalue weighted by molar-refractivity contribution is 5.43. The van der Waals surface area contributed by atoms with Gasteiger partial charge in [-0.15, -0.1) is 0 Å². The minimum atomic E-state index is 0.339. The van der Waals surface area contributed by atoms with Gasteiger partial charge in [-0.25, -0.2) is 0 Å². The molecule has 2 heteroatoms. The van der Waals surface area contributed by atoms with Crippen molar-refractivity contribution < 1.29 is 4.74 Å². The smallest absolute Gasteiger partial charge is 0.122 e. The van der Waals surface area contributed by atoms with Crippen LogP contribution in [0.4, 0.5) is 0 Å². The van der Waals surface area contributed by atoms with Gasteiger partial charge in [0.05, 0.1) is 7.11 Å². The van der Waals surface area contributed by atoms with Gasteiger partial charge >= 0.3 is 0 Å². The molecule has 0 radical (unpaired) electrons. The maximum Gasteiger partial charge on any atom is 0.122 e. The number of rotatable bonds is 2. The molecule has 0 spiro atoms. The van der Waals surface area contributed by atoms with Crippen LogP contribution in [0.25, 0.3) is 0 Å². The topological polar surface area (TPSA) is 35.2 Å². The van der Waals surface area contributed by atoms with Crippen LogP contribution in [-0.4, -0.2) is 13.2 Å². The molecule has 2 unspecified atom stereocenters. The lowest BCUT2D eigenvalue weighted by Crippen LogP contribution is -2.23. The molecule has 2 rings (SSSR count). The summed E-state index contributed by atoms with van der Waals surface area (Å²) in [7, 11) is 1.72. The minimum absolute atomic E-state index is 0.339. The summed E-state index contributed by atoms with van der Waals surface area (Å²) in [5.74, 6) is 1.53. The van der Waals surface area contributed by atoms with Crippen molar-refractivity contribution in [2.75, 3.05) is 7.11 Å². The van der Waals surface area contributed by atoms with Crippen LogP contribution < -0.4 is 10.5 Å². The summed E-state index contributed by atoms with van der Waals surface area (Å²) in [6.07, 6.45) is 3.65. The molecule has 0 aromatic heterocycles. The third-order valence-electron chi connectivity index (χ3n) is 3.75. The first-order valence-electron chi connectivity index (χ1n) is 6.04. The highest BCUT2D eigenvalue weighted by Gasteiger charge is 2.26. The molecule has 16 heavy (non-hydrogen) atoms. The summed E-state index contributed by atoms with van der Waals surface area (Å²) in [5, 5.41) is 0. The number of hydrogen-bond donors (Lipinski definition) is 1. The van der Waals surface area contributed by atoms with E-state index in [1.54, 1.807) is 7.11 Å². The summed E-state index contributed by atoms with van der Waals surface area (Å²) < 4.78 is 5.34. The Kier molecular flexibility index (Phi) is 3.20. The Morgan fingerprint density at radius 3 is 2.50 bits per heavy atom. The summed E-state index contributed by atoms with van der Waals surface area (Å²) in [4.78, 5) is 0. The molecule has 2 nitrogen and oxygen atoms in total. The van der Waals surface area contributed by atoms with Crippen LogP contribution in [0, 0.1) is 13.8 Å². The van der Waals surface area contributed by atoms with E-state index >= 15 is 0 Å². The number of methoxy groups -OCH3 is 1. The average Bonchev–Trinajstić information content (AvgIpc) is 2.67. The first-order valence-corrected chi connectivity index (χ1v) is 6.04. The van der Waals surface area contributed by atoms with E-state index < -0.39 is 0 Å². The Morgan fingerprint density at radius 2 is 1.94 bits per heavy atom. The molecule has 1 aromatic carbocycles. The van der Waals surface area contributed by atoms with Gasteiger partial charge in [0.2, 0.25) is 0 Å². The van der Waals surface area contributed by atoms with E-state index in [4.69, 9.17) is 10.5 Å². The van der Waals surface area contributed by atoms with Gasteiger partial charge in [-0.2, -0.15) is 0 Å². The molecule has 88 valence electrons. The van der Waals surface area contributed by atoms with Gasteiger partial charge in [0.15, 0.2) is 0 Å². The third kappa shape index (κ3) is 1.94. The Morgan fingerprint density at radius 1 is 1.19 bits per heavy atom. The molecular weight excluding hydrogens is 198 g/mol. The summed E-state index contributed by atoms with van der Waals surface area (Å²) in [6.45, 7) is 4.25. The van der Waals surface area contributed by atoms with E-state index in [1.165, 1.54) is 29.5 Å². The van der Waals surface area contributed by atoms with Crippen molar-refractivity contribution in [3.8, 4) is 5.75 Å². The second-order valence-corrected chi connectivity index (χ2v) is 4.88. The minimum Gasteiger partial charge on any atom is -0.496 e. The highest BCUT2D eigenvalue weighted by Crippen LogP contribution is 2.37. The lowest BCUT2D eigenvalue weighted by molar-refractivity contribution is 0.411. The van der Waals surface area contributed by atoms with Crippen molar-refractivity contribution in [1.29, 1.82) is 0 Å². The van der Waals surface area contributed by atoms with Crippen molar-refractivity contribution in [1.82, 2.24) is 0 Å². The van der Waals surface area contributed by atoms with Gasteiger partial charge in [-0.3, -0.25) is 0 Å². The van der Waals surface area contributed by atoms with E-state index in [0.29, 0.717) is 12.0 Å². The van der Waals surface area contributed by atoms with Crippen LogP contribution in [-0.2, 0) is 0 Å². The number of hydrogen-bond acceptors (Lipinski definition) is 2. The van der Waals surface area contributed by atoms with E-state index in [0.717, 1.165) is 12.2 Å². The van der Waals surface area contributed by atoms with Crippen LogP contribution in [0.2, 0.25) is 0 Å². The standard InChI is InChI=1S/C14H21NO/c1-9-8-14(16-3)10(2)7-12(9)11-5-4-6-13(11)15/h7-8,11,13H,4-6,15H2,1-3H3. The maximum atomic E-state index is 6.17. The SMILES string of the molecule is COc1cc(C)c(C2CCCC2N)cc1C. The van der Waals surface area contributed by atoms with Crippen molar-refractivity contribution in [3.63, 3.8) is 0 Å². The first kappa shape index (κ1) is 11.5. The molecule has 0 heterocycles. The van der Waals surface area contributed by atoms with Crippen LogP contribution in [0.1, 0.15) is 41.9 Å². The lowest BCUT2D eigenvalue weighted by Gasteiger charge is -2.20. The lowest BCUT2D eigenvalue weighted by atomic mass is 9.89. The van der Waals surface area contributed by atoms with Gasteiger partial charge in [-0.1, -0.05) is 12.5 Å². The largest absolute Gasteiger partial charge is 0.496 e. The second-order valence-electron chi connectivity index (χ2n) is 4.88. The zero-order chi connectivity index (χ0) is 11.7. The van der Waals surface area contributed by atoms with E-state index in [-0.39, 0.29) is 0 Å². The molecule has 1 fully saturated rings. The summed E-state index contributed by atoms with van der Waals surface area (Å²) >= 11 is 0. The third-order valence-corrected chi connectivity index (χ3v) is 3.75. The van der Waals surface area contributed by atoms with Crippen molar-refractivity contribution in [3.05, 3.63) is 28.8 Å². The van der Waals surface area contributed by atoms with E-state index in [9.17, 15) is 0 Å². The quantitative estimate of drug-likeness (QED) is 0.830. The van der Waals surface area contributed by atoms with Crippen molar-refractivity contribution in [2.24, 2.45) is 5.73 Å². The molecule has 2 atom stereocenters. The number of aryl methyl sites for hydroxylation is 2. The Hall–Kier alpha value is -1.02. The first-order chi connectivity index (χ1) is 7.63. The maximum absolute atomic E-state index is 6.17. The van der Waals surface area contributed by atoms with E-state index in [1.807, 2.05) is 0 Å². The predicted octanol–water partition coefficient (Wildman–Crippen LogP) is 2.91. The van der Waals surface area contributed by atoms with Crippen LogP contribution >= 0.6 is 0 Å². The van der Waals surface area contributed by atoms with Crippen LogP contribution in [0.3, 0.4) is 0 Å².